The van der Waals surface area contributed by atoms with E-state index in [4.69, 9.17) is 0 Å². The lowest BCUT2D eigenvalue weighted by Gasteiger charge is -2.25. The zero-order chi connectivity index (χ0) is 14.1. The molecule has 2 aliphatic heterocycles. The molecule has 108 valence electrons. The molecule has 0 radical (unpaired) electrons. The Bertz CT molecular complexity index is 566. The van der Waals surface area contributed by atoms with Crippen LogP contribution >= 0.6 is 0 Å². The molecule has 1 aromatic heterocycles. The minimum Gasteiger partial charge on any atom is -0.354 e. The number of hydrogen-bond acceptors (Lipinski definition) is 3. The van der Waals surface area contributed by atoms with Crippen molar-refractivity contribution in [3.05, 3.63) is 33.7 Å². The first-order valence-corrected chi connectivity index (χ1v) is 7.38. The van der Waals surface area contributed by atoms with Crippen molar-refractivity contribution in [1.29, 1.82) is 0 Å². The Morgan fingerprint density at radius 1 is 1.25 bits per heavy atom. The number of nitrogens with one attached hydrogen (secondary N) is 1. The number of rotatable bonds is 1. The van der Waals surface area contributed by atoms with Gasteiger partial charge < -0.3 is 9.88 Å². The van der Waals surface area contributed by atoms with Gasteiger partial charge in [-0.3, -0.25) is 14.5 Å². The number of carbonyl (C=O) groups excluding carboxylic acids is 1. The van der Waals surface area contributed by atoms with E-state index in [1.54, 1.807) is 6.92 Å². The van der Waals surface area contributed by atoms with Crippen molar-refractivity contribution in [2.45, 2.75) is 32.2 Å². The molecule has 0 spiro atoms. The Kier molecular flexibility index (Phi) is 3.61. The summed E-state index contributed by atoms with van der Waals surface area (Å²) in [5, 5.41) is 0. The van der Waals surface area contributed by atoms with Crippen LogP contribution in [0.5, 0.6) is 0 Å². The number of aromatic nitrogens is 1. The number of aromatic amines is 1. The van der Waals surface area contributed by atoms with Gasteiger partial charge in [-0.05, 0) is 32.7 Å². The lowest BCUT2D eigenvalue weighted by Crippen LogP contribution is -2.40. The van der Waals surface area contributed by atoms with Gasteiger partial charge in [-0.2, -0.15) is 0 Å². The average Bonchev–Trinajstić information content (AvgIpc) is 2.74. The summed E-state index contributed by atoms with van der Waals surface area (Å²) in [6, 6.07) is 3.42. The van der Waals surface area contributed by atoms with Crippen molar-refractivity contribution in [2.75, 3.05) is 26.2 Å². The Balaban J connectivity index is 1.80. The number of nitrogens with zero attached hydrogens (tertiary/aromatic N) is 2. The van der Waals surface area contributed by atoms with Crippen molar-refractivity contribution < 1.29 is 4.79 Å². The van der Waals surface area contributed by atoms with E-state index < -0.39 is 0 Å². The molecule has 2 aliphatic rings. The Hall–Kier alpha value is -1.62. The Morgan fingerprint density at radius 3 is 2.85 bits per heavy atom. The van der Waals surface area contributed by atoms with Crippen molar-refractivity contribution in [1.82, 2.24) is 14.8 Å². The molecular weight excluding hydrogens is 254 g/mol. The van der Waals surface area contributed by atoms with Crippen LogP contribution in [0, 0.1) is 6.92 Å². The largest absolute Gasteiger partial charge is 0.354 e. The third-order valence-electron chi connectivity index (χ3n) is 4.30. The summed E-state index contributed by atoms with van der Waals surface area (Å²) in [5.41, 5.74) is 1.04. The number of fused-ring (bicyclic) bond motifs is 1. The van der Waals surface area contributed by atoms with Crippen molar-refractivity contribution in [3.63, 3.8) is 0 Å². The smallest absolute Gasteiger partial charge is 0.270 e. The minimum atomic E-state index is -0.109. The van der Waals surface area contributed by atoms with Crippen LogP contribution in [0.15, 0.2) is 16.9 Å². The number of amides is 1. The maximum Gasteiger partial charge on any atom is 0.270 e. The predicted molar refractivity (Wildman–Crippen MR) is 76.9 cm³/mol. The van der Waals surface area contributed by atoms with Crippen molar-refractivity contribution in [2.24, 2.45) is 0 Å². The van der Waals surface area contributed by atoms with E-state index in [0.29, 0.717) is 11.7 Å². The fourth-order valence-electron chi connectivity index (χ4n) is 3.36. The van der Waals surface area contributed by atoms with Crippen LogP contribution in [0.3, 0.4) is 0 Å². The van der Waals surface area contributed by atoms with Gasteiger partial charge in [0.05, 0.1) is 0 Å². The predicted octanol–water partition coefficient (Wildman–Crippen LogP) is 0.994. The van der Waals surface area contributed by atoms with Gasteiger partial charge in [0, 0.05) is 43.5 Å². The fraction of sp³-hybridized carbons (Fsp3) is 0.600. The van der Waals surface area contributed by atoms with Gasteiger partial charge in [-0.15, -0.1) is 0 Å². The zero-order valence-corrected chi connectivity index (χ0v) is 11.9. The van der Waals surface area contributed by atoms with Gasteiger partial charge in [0.2, 0.25) is 0 Å². The molecule has 5 heteroatoms. The highest BCUT2D eigenvalue weighted by Crippen LogP contribution is 2.21. The van der Waals surface area contributed by atoms with E-state index in [-0.39, 0.29) is 11.3 Å². The van der Waals surface area contributed by atoms with Gasteiger partial charge in [0.25, 0.3) is 5.91 Å². The van der Waals surface area contributed by atoms with Crippen molar-refractivity contribution in [3.8, 4) is 0 Å². The molecule has 3 rings (SSSR count). The van der Waals surface area contributed by atoms with E-state index in [9.17, 15) is 9.59 Å². The number of hydrogen-bond donors (Lipinski definition) is 1. The van der Waals surface area contributed by atoms with E-state index in [1.165, 1.54) is 25.0 Å². The summed E-state index contributed by atoms with van der Waals surface area (Å²) >= 11 is 0. The maximum absolute atomic E-state index is 12.6. The van der Waals surface area contributed by atoms with E-state index >= 15 is 0 Å². The molecule has 1 atom stereocenters. The summed E-state index contributed by atoms with van der Waals surface area (Å²) in [4.78, 5) is 31.5. The summed E-state index contributed by atoms with van der Waals surface area (Å²) in [6.07, 6.45) is 3.42. The molecule has 1 N–H and O–H groups in total. The lowest BCUT2D eigenvalue weighted by atomic mass is 10.2. The second-order valence-corrected chi connectivity index (χ2v) is 5.85. The van der Waals surface area contributed by atoms with Crippen LogP contribution in [0.4, 0.5) is 0 Å². The zero-order valence-electron chi connectivity index (χ0n) is 11.9. The molecule has 0 unspecified atom stereocenters. The van der Waals surface area contributed by atoms with Gasteiger partial charge in [-0.1, -0.05) is 0 Å². The highest BCUT2D eigenvalue weighted by molar-refractivity contribution is 5.92. The molecule has 2 saturated heterocycles. The number of aryl methyl sites for hydroxylation is 1. The van der Waals surface area contributed by atoms with Crippen LogP contribution in [0.1, 0.15) is 35.4 Å². The number of carbonyl (C=O) groups is 1. The first kappa shape index (κ1) is 13.4. The standard InChI is InChI=1S/C15H21N3O2/c1-11-8-13(19)9-14(16-11)15(20)18-7-3-6-17-5-2-4-12(17)10-18/h8-9,12H,2-7,10H2,1H3,(H,16,19)/t12-/m0/s1. The van der Waals surface area contributed by atoms with Gasteiger partial charge in [0.1, 0.15) is 5.69 Å². The highest BCUT2D eigenvalue weighted by Gasteiger charge is 2.31. The molecule has 3 heterocycles. The topological polar surface area (TPSA) is 56.4 Å². The highest BCUT2D eigenvalue weighted by atomic mass is 16.2. The van der Waals surface area contributed by atoms with Crippen LogP contribution in [0.25, 0.3) is 0 Å². The first-order chi connectivity index (χ1) is 9.63. The Labute approximate surface area is 118 Å². The summed E-state index contributed by atoms with van der Waals surface area (Å²) in [5.74, 6) is -0.0421. The number of H-pyrrole nitrogens is 1. The lowest BCUT2D eigenvalue weighted by molar-refractivity contribution is 0.0737. The van der Waals surface area contributed by atoms with E-state index in [0.717, 1.165) is 38.3 Å². The Morgan fingerprint density at radius 2 is 2.05 bits per heavy atom. The molecular formula is C15H21N3O2. The quantitative estimate of drug-likeness (QED) is 0.831. The molecule has 2 fully saturated rings. The summed E-state index contributed by atoms with van der Waals surface area (Å²) in [7, 11) is 0. The van der Waals surface area contributed by atoms with Crippen LogP contribution in [-0.2, 0) is 0 Å². The van der Waals surface area contributed by atoms with Gasteiger partial charge >= 0.3 is 0 Å². The normalized spacial score (nSPS) is 23.4. The second-order valence-electron chi connectivity index (χ2n) is 5.85. The third kappa shape index (κ3) is 2.63. The third-order valence-corrected chi connectivity index (χ3v) is 4.30. The van der Waals surface area contributed by atoms with E-state index in [2.05, 4.69) is 9.88 Å². The molecule has 5 nitrogen and oxygen atoms in total. The molecule has 0 saturated carbocycles. The molecule has 0 aliphatic carbocycles. The average molecular weight is 275 g/mol. The van der Waals surface area contributed by atoms with Crippen LogP contribution < -0.4 is 5.43 Å². The van der Waals surface area contributed by atoms with Crippen LogP contribution in [-0.4, -0.2) is 52.9 Å². The second kappa shape index (κ2) is 5.40. The van der Waals surface area contributed by atoms with Gasteiger partial charge in [-0.25, -0.2) is 0 Å². The monoisotopic (exact) mass is 275 g/mol. The molecule has 0 aromatic carbocycles. The molecule has 1 amide bonds. The SMILES string of the molecule is Cc1cc(=O)cc(C(=O)N2CCCN3CCC[C@H]3C2)[nH]1. The summed E-state index contributed by atoms with van der Waals surface area (Å²) < 4.78 is 0. The van der Waals surface area contributed by atoms with Crippen LogP contribution in [0.2, 0.25) is 0 Å². The minimum absolute atomic E-state index is 0.0421. The molecule has 20 heavy (non-hydrogen) atoms. The molecule has 1 aromatic rings. The fourth-order valence-corrected chi connectivity index (χ4v) is 3.36. The van der Waals surface area contributed by atoms with Crippen molar-refractivity contribution >= 4 is 5.91 Å². The van der Waals surface area contributed by atoms with Gasteiger partial charge in [0.15, 0.2) is 5.43 Å². The molecule has 0 bridgehead atoms. The first-order valence-electron chi connectivity index (χ1n) is 7.38. The summed E-state index contributed by atoms with van der Waals surface area (Å²) in [6.45, 7) is 5.61. The maximum atomic E-state index is 12.6. The van der Waals surface area contributed by atoms with E-state index in [1.807, 2.05) is 4.90 Å². The number of pyridine rings is 1.